The van der Waals surface area contributed by atoms with E-state index in [-0.39, 0.29) is 17.5 Å². The predicted octanol–water partition coefficient (Wildman–Crippen LogP) is 1.42. The number of sulfone groups is 1. The predicted molar refractivity (Wildman–Crippen MR) is 111 cm³/mol. The highest BCUT2D eigenvalue weighted by atomic mass is 32.2. The summed E-state index contributed by atoms with van der Waals surface area (Å²) in [5, 5.41) is 6.70. The van der Waals surface area contributed by atoms with Crippen molar-refractivity contribution >= 4 is 15.8 Å². The van der Waals surface area contributed by atoms with Gasteiger partial charge >= 0.3 is 0 Å². The highest BCUT2D eigenvalue weighted by Gasteiger charge is 2.29. The van der Waals surface area contributed by atoms with E-state index in [1.165, 1.54) is 11.1 Å². The first-order valence-corrected chi connectivity index (χ1v) is 11.7. The van der Waals surface area contributed by atoms with Crippen molar-refractivity contribution in [3.63, 3.8) is 0 Å². The fraction of sp³-hybridized carbons (Fsp3) is 0.650. The van der Waals surface area contributed by atoms with Crippen LogP contribution >= 0.6 is 0 Å². The standard InChI is InChI=1S/C20H32N4O2S/c1-15(2)19(24-10-8-16-6-4-5-7-17(16)13-24)12-22-20(21-3)23-18-9-11-27(25,26)14-18/h4-7,15,18-19H,8-14H2,1-3H3,(H2,21,22,23). The summed E-state index contributed by atoms with van der Waals surface area (Å²) in [5.41, 5.74) is 2.89. The molecule has 1 aromatic rings. The zero-order valence-electron chi connectivity index (χ0n) is 16.6. The molecular formula is C20H32N4O2S. The van der Waals surface area contributed by atoms with Crippen LogP contribution < -0.4 is 10.6 Å². The molecule has 0 amide bonds. The Bertz CT molecular complexity index is 776. The molecule has 2 aliphatic rings. The van der Waals surface area contributed by atoms with E-state index in [1.54, 1.807) is 7.05 Å². The van der Waals surface area contributed by atoms with E-state index < -0.39 is 9.84 Å². The summed E-state index contributed by atoms with van der Waals surface area (Å²) in [7, 11) is -1.16. The molecule has 150 valence electrons. The highest BCUT2D eigenvalue weighted by Crippen LogP contribution is 2.22. The van der Waals surface area contributed by atoms with Gasteiger partial charge in [0.1, 0.15) is 0 Å². The van der Waals surface area contributed by atoms with E-state index >= 15 is 0 Å². The van der Waals surface area contributed by atoms with E-state index in [0.717, 1.165) is 26.1 Å². The number of guanidine groups is 1. The zero-order chi connectivity index (χ0) is 19.4. The Balaban J connectivity index is 1.58. The molecule has 7 heteroatoms. The fourth-order valence-electron chi connectivity index (χ4n) is 4.09. The molecule has 2 heterocycles. The molecule has 0 saturated carbocycles. The number of nitrogens with zero attached hydrogens (tertiary/aromatic N) is 2. The van der Waals surface area contributed by atoms with Gasteiger partial charge < -0.3 is 10.6 Å². The van der Waals surface area contributed by atoms with E-state index in [0.29, 0.717) is 24.3 Å². The summed E-state index contributed by atoms with van der Waals surface area (Å²) in [4.78, 5) is 6.84. The van der Waals surface area contributed by atoms with Gasteiger partial charge in [0.25, 0.3) is 0 Å². The first kappa shape index (κ1) is 20.1. The Morgan fingerprint density at radius 3 is 2.67 bits per heavy atom. The molecule has 0 aliphatic carbocycles. The second kappa shape index (κ2) is 8.61. The molecule has 2 N–H and O–H groups in total. The normalized spacial score (nSPS) is 23.9. The van der Waals surface area contributed by atoms with Crippen molar-refractivity contribution in [3.05, 3.63) is 35.4 Å². The Hall–Kier alpha value is -1.60. The molecule has 1 fully saturated rings. The molecule has 0 bridgehead atoms. The second-order valence-electron chi connectivity index (χ2n) is 8.00. The second-order valence-corrected chi connectivity index (χ2v) is 10.2. The maximum absolute atomic E-state index is 11.7. The summed E-state index contributed by atoms with van der Waals surface area (Å²) in [6.07, 6.45) is 1.74. The van der Waals surface area contributed by atoms with Gasteiger partial charge in [-0.2, -0.15) is 0 Å². The lowest BCUT2D eigenvalue weighted by atomic mass is 9.95. The van der Waals surface area contributed by atoms with Gasteiger partial charge in [0.05, 0.1) is 11.5 Å². The van der Waals surface area contributed by atoms with Crippen molar-refractivity contribution in [2.75, 3.05) is 31.6 Å². The largest absolute Gasteiger partial charge is 0.355 e. The van der Waals surface area contributed by atoms with Crippen molar-refractivity contribution in [2.24, 2.45) is 10.9 Å². The third-order valence-corrected chi connectivity index (χ3v) is 7.44. The maximum atomic E-state index is 11.7. The van der Waals surface area contributed by atoms with Crippen molar-refractivity contribution in [2.45, 2.75) is 45.3 Å². The van der Waals surface area contributed by atoms with Crippen molar-refractivity contribution in [1.82, 2.24) is 15.5 Å². The van der Waals surface area contributed by atoms with Crippen LogP contribution in [-0.2, 0) is 22.8 Å². The Labute approximate surface area is 163 Å². The first-order chi connectivity index (χ1) is 12.9. The lowest BCUT2D eigenvalue weighted by molar-refractivity contribution is 0.140. The average molecular weight is 393 g/mol. The number of nitrogens with one attached hydrogen (secondary N) is 2. The van der Waals surface area contributed by atoms with E-state index in [9.17, 15) is 8.42 Å². The minimum Gasteiger partial charge on any atom is -0.355 e. The van der Waals surface area contributed by atoms with Crippen LogP contribution in [0.1, 0.15) is 31.4 Å². The topological polar surface area (TPSA) is 73.8 Å². The minimum atomic E-state index is -2.89. The monoisotopic (exact) mass is 392 g/mol. The van der Waals surface area contributed by atoms with Crippen LogP contribution in [0.4, 0.5) is 0 Å². The van der Waals surface area contributed by atoms with E-state index in [1.807, 2.05) is 0 Å². The third kappa shape index (κ3) is 5.23. The molecule has 0 radical (unpaired) electrons. The SMILES string of the molecule is CN=C(NCC(C(C)C)N1CCc2ccccc2C1)NC1CCS(=O)(=O)C1. The lowest BCUT2D eigenvalue weighted by Crippen LogP contribution is -2.52. The molecule has 6 nitrogen and oxygen atoms in total. The number of rotatable bonds is 5. The number of aliphatic imine (C=N–C) groups is 1. The summed E-state index contributed by atoms with van der Waals surface area (Å²) in [6.45, 7) is 7.35. The third-order valence-electron chi connectivity index (χ3n) is 5.67. The smallest absolute Gasteiger partial charge is 0.191 e. The molecule has 2 unspecified atom stereocenters. The zero-order valence-corrected chi connectivity index (χ0v) is 17.4. The summed E-state index contributed by atoms with van der Waals surface area (Å²) >= 11 is 0. The fourth-order valence-corrected chi connectivity index (χ4v) is 5.76. The van der Waals surface area contributed by atoms with Gasteiger partial charge in [0.2, 0.25) is 0 Å². The van der Waals surface area contributed by atoms with Crippen molar-refractivity contribution < 1.29 is 8.42 Å². The van der Waals surface area contributed by atoms with Gasteiger partial charge in [-0.15, -0.1) is 0 Å². The Morgan fingerprint density at radius 2 is 2.04 bits per heavy atom. The van der Waals surface area contributed by atoms with Crippen LogP contribution in [0.5, 0.6) is 0 Å². The summed E-state index contributed by atoms with van der Waals surface area (Å²) < 4.78 is 23.3. The van der Waals surface area contributed by atoms with Gasteiger partial charge in [-0.25, -0.2) is 8.42 Å². The number of hydrogen-bond donors (Lipinski definition) is 2. The molecular weight excluding hydrogens is 360 g/mol. The average Bonchev–Trinajstić information content (AvgIpc) is 2.99. The van der Waals surface area contributed by atoms with Crippen LogP contribution in [-0.4, -0.2) is 63.0 Å². The molecule has 1 saturated heterocycles. The summed E-state index contributed by atoms with van der Waals surface area (Å²) in [5.74, 6) is 1.67. The number of benzene rings is 1. The van der Waals surface area contributed by atoms with Crippen LogP contribution in [0.2, 0.25) is 0 Å². The quantitative estimate of drug-likeness (QED) is 0.586. The highest BCUT2D eigenvalue weighted by molar-refractivity contribution is 7.91. The first-order valence-electron chi connectivity index (χ1n) is 9.86. The van der Waals surface area contributed by atoms with Crippen LogP contribution in [0.15, 0.2) is 29.3 Å². The van der Waals surface area contributed by atoms with Crippen LogP contribution in [0, 0.1) is 5.92 Å². The molecule has 2 aliphatic heterocycles. The Morgan fingerprint density at radius 1 is 1.30 bits per heavy atom. The van der Waals surface area contributed by atoms with Gasteiger partial charge in [-0.05, 0) is 29.9 Å². The maximum Gasteiger partial charge on any atom is 0.191 e. The summed E-state index contributed by atoms with van der Waals surface area (Å²) in [6, 6.07) is 9.05. The van der Waals surface area contributed by atoms with Gasteiger partial charge in [0, 0.05) is 38.8 Å². The minimum absolute atomic E-state index is 0.0411. The number of hydrogen-bond acceptors (Lipinski definition) is 4. The van der Waals surface area contributed by atoms with Crippen molar-refractivity contribution in [3.8, 4) is 0 Å². The molecule has 0 aromatic heterocycles. The van der Waals surface area contributed by atoms with Crippen LogP contribution in [0.3, 0.4) is 0 Å². The van der Waals surface area contributed by atoms with Crippen LogP contribution in [0.25, 0.3) is 0 Å². The molecule has 27 heavy (non-hydrogen) atoms. The molecule has 2 atom stereocenters. The number of fused-ring (bicyclic) bond motifs is 1. The van der Waals surface area contributed by atoms with E-state index in [4.69, 9.17) is 0 Å². The van der Waals surface area contributed by atoms with Gasteiger partial charge in [-0.1, -0.05) is 38.1 Å². The van der Waals surface area contributed by atoms with E-state index in [2.05, 4.69) is 58.6 Å². The van der Waals surface area contributed by atoms with Gasteiger partial charge in [0.15, 0.2) is 15.8 Å². The van der Waals surface area contributed by atoms with Gasteiger partial charge in [-0.3, -0.25) is 9.89 Å². The lowest BCUT2D eigenvalue weighted by Gasteiger charge is -2.38. The Kier molecular flexibility index (Phi) is 6.42. The molecule has 3 rings (SSSR count). The molecule has 0 spiro atoms. The molecule has 1 aromatic carbocycles. The van der Waals surface area contributed by atoms with Crippen molar-refractivity contribution in [1.29, 1.82) is 0 Å².